The standard InChI is InChI=1S/C11H12N2O3/c1-6-4-10(14)13(11(6)15)5-9-7(2)12-16-8(9)3/h4H,5H2,1-3H3. The lowest BCUT2D eigenvalue weighted by Gasteiger charge is -2.13. The summed E-state index contributed by atoms with van der Waals surface area (Å²) in [5.74, 6) is 0.121. The quantitative estimate of drug-likeness (QED) is 0.700. The van der Waals surface area contributed by atoms with E-state index in [2.05, 4.69) is 5.16 Å². The van der Waals surface area contributed by atoms with Crippen molar-refractivity contribution in [1.82, 2.24) is 10.1 Å². The maximum atomic E-state index is 11.7. The van der Waals surface area contributed by atoms with Gasteiger partial charge in [-0.15, -0.1) is 0 Å². The summed E-state index contributed by atoms with van der Waals surface area (Å²) in [6.07, 6.45) is 1.35. The molecule has 1 aromatic rings. The summed E-state index contributed by atoms with van der Waals surface area (Å²) in [6.45, 7) is 5.41. The molecule has 16 heavy (non-hydrogen) atoms. The van der Waals surface area contributed by atoms with E-state index < -0.39 is 0 Å². The highest BCUT2D eigenvalue weighted by Crippen LogP contribution is 2.19. The lowest BCUT2D eigenvalue weighted by molar-refractivity contribution is -0.137. The number of nitrogens with zero attached hydrogens (tertiary/aromatic N) is 2. The van der Waals surface area contributed by atoms with Crippen molar-refractivity contribution in [2.24, 2.45) is 0 Å². The summed E-state index contributed by atoms with van der Waals surface area (Å²) < 4.78 is 4.99. The monoisotopic (exact) mass is 220 g/mol. The van der Waals surface area contributed by atoms with Crippen LogP contribution in [0.4, 0.5) is 0 Å². The molecule has 0 saturated carbocycles. The summed E-state index contributed by atoms with van der Waals surface area (Å²) >= 11 is 0. The van der Waals surface area contributed by atoms with Gasteiger partial charge in [0.2, 0.25) is 0 Å². The average Bonchev–Trinajstić information content (AvgIpc) is 2.65. The highest BCUT2D eigenvalue weighted by Gasteiger charge is 2.29. The Morgan fingerprint density at radius 1 is 1.31 bits per heavy atom. The fraction of sp³-hybridized carbons (Fsp3) is 0.364. The van der Waals surface area contributed by atoms with Crippen molar-refractivity contribution in [3.8, 4) is 0 Å². The molecule has 5 nitrogen and oxygen atoms in total. The number of imide groups is 1. The number of rotatable bonds is 2. The first-order valence-corrected chi connectivity index (χ1v) is 4.96. The van der Waals surface area contributed by atoms with E-state index in [-0.39, 0.29) is 18.4 Å². The molecule has 0 atom stereocenters. The fourth-order valence-electron chi connectivity index (χ4n) is 1.67. The number of hydrogen-bond acceptors (Lipinski definition) is 4. The van der Waals surface area contributed by atoms with Gasteiger partial charge in [-0.1, -0.05) is 5.16 Å². The number of amides is 2. The lowest BCUT2D eigenvalue weighted by atomic mass is 10.2. The third-order valence-corrected chi connectivity index (χ3v) is 2.69. The Labute approximate surface area is 92.7 Å². The van der Waals surface area contributed by atoms with Gasteiger partial charge in [0.25, 0.3) is 11.8 Å². The van der Waals surface area contributed by atoms with Crippen LogP contribution >= 0.6 is 0 Å². The molecule has 0 N–H and O–H groups in total. The molecule has 1 aliphatic rings. The van der Waals surface area contributed by atoms with Crippen LogP contribution in [0.2, 0.25) is 0 Å². The second-order valence-corrected chi connectivity index (χ2v) is 3.86. The molecule has 1 aliphatic heterocycles. The van der Waals surface area contributed by atoms with Gasteiger partial charge in [0, 0.05) is 17.2 Å². The van der Waals surface area contributed by atoms with Crippen molar-refractivity contribution < 1.29 is 14.1 Å². The minimum absolute atomic E-state index is 0.229. The molecule has 0 saturated heterocycles. The molecule has 84 valence electrons. The molecule has 0 unspecified atom stereocenters. The molecule has 5 heteroatoms. The van der Waals surface area contributed by atoms with Crippen LogP contribution in [0.3, 0.4) is 0 Å². The Morgan fingerprint density at radius 2 is 2.00 bits per heavy atom. The van der Waals surface area contributed by atoms with E-state index in [4.69, 9.17) is 4.52 Å². The smallest absolute Gasteiger partial charge is 0.256 e. The maximum absolute atomic E-state index is 11.7. The number of aryl methyl sites for hydroxylation is 2. The van der Waals surface area contributed by atoms with Crippen LogP contribution in [0.15, 0.2) is 16.2 Å². The minimum Gasteiger partial charge on any atom is -0.361 e. The fourth-order valence-corrected chi connectivity index (χ4v) is 1.67. The summed E-state index contributed by atoms with van der Waals surface area (Å²) in [7, 11) is 0. The van der Waals surface area contributed by atoms with Gasteiger partial charge in [-0.05, 0) is 20.8 Å². The third-order valence-electron chi connectivity index (χ3n) is 2.69. The van der Waals surface area contributed by atoms with Crippen LogP contribution in [0.25, 0.3) is 0 Å². The average molecular weight is 220 g/mol. The molecule has 0 spiro atoms. The zero-order chi connectivity index (χ0) is 11.9. The first kappa shape index (κ1) is 10.6. The van der Waals surface area contributed by atoms with E-state index >= 15 is 0 Å². The topological polar surface area (TPSA) is 63.4 Å². The van der Waals surface area contributed by atoms with Crippen molar-refractivity contribution >= 4 is 11.8 Å². The first-order chi connectivity index (χ1) is 7.50. The molecular formula is C11H12N2O3. The predicted molar refractivity (Wildman–Crippen MR) is 55.3 cm³/mol. The lowest BCUT2D eigenvalue weighted by Crippen LogP contribution is -2.30. The molecule has 2 heterocycles. The van der Waals surface area contributed by atoms with E-state index in [1.54, 1.807) is 20.8 Å². The molecule has 0 aromatic carbocycles. The van der Waals surface area contributed by atoms with Gasteiger partial charge in [-0.3, -0.25) is 14.5 Å². The second-order valence-electron chi connectivity index (χ2n) is 3.86. The number of aromatic nitrogens is 1. The van der Waals surface area contributed by atoms with E-state index in [1.807, 2.05) is 0 Å². The summed E-state index contributed by atoms with van der Waals surface area (Å²) in [4.78, 5) is 24.4. The Balaban J connectivity index is 2.24. The zero-order valence-electron chi connectivity index (χ0n) is 9.40. The van der Waals surface area contributed by atoms with Crippen LogP contribution < -0.4 is 0 Å². The molecule has 1 aromatic heterocycles. The summed E-state index contributed by atoms with van der Waals surface area (Å²) in [5, 5.41) is 3.79. The zero-order valence-corrected chi connectivity index (χ0v) is 9.40. The van der Waals surface area contributed by atoms with Crippen LogP contribution in [0, 0.1) is 13.8 Å². The van der Waals surface area contributed by atoms with Gasteiger partial charge in [-0.2, -0.15) is 0 Å². The number of hydrogen-bond donors (Lipinski definition) is 0. The van der Waals surface area contributed by atoms with Crippen molar-refractivity contribution in [3.05, 3.63) is 28.7 Å². The third kappa shape index (κ3) is 1.54. The molecule has 2 rings (SSSR count). The van der Waals surface area contributed by atoms with Crippen LogP contribution in [-0.4, -0.2) is 21.9 Å². The number of carbonyl (C=O) groups excluding carboxylic acids is 2. The predicted octanol–water partition coefficient (Wildman–Crippen LogP) is 1.11. The summed E-state index contributed by atoms with van der Waals surface area (Å²) in [5.41, 5.74) is 1.98. The van der Waals surface area contributed by atoms with Gasteiger partial charge in [-0.25, -0.2) is 0 Å². The molecule has 0 bridgehead atoms. The Morgan fingerprint density at radius 3 is 2.44 bits per heavy atom. The normalized spacial score (nSPS) is 15.9. The van der Waals surface area contributed by atoms with E-state index in [0.717, 1.165) is 5.56 Å². The van der Waals surface area contributed by atoms with Crippen molar-refractivity contribution in [2.45, 2.75) is 27.3 Å². The molecule has 0 aliphatic carbocycles. The van der Waals surface area contributed by atoms with Crippen molar-refractivity contribution in [3.63, 3.8) is 0 Å². The molecule has 2 amide bonds. The van der Waals surface area contributed by atoms with E-state index in [1.165, 1.54) is 11.0 Å². The van der Waals surface area contributed by atoms with E-state index in [0.29, 0.717) is 17.0 Å². The molecule has 0 fully saturated rings. The van der Waals surface area contributed by atoms with Crippen LogP contribution in [0.1, 0.15) is 23.9 Å². The number of carbonyl (C=O) groups is 2. The summed E-state index contributed by atoms with van der Waals surface area (Å²) in [6, 6.07) is 0. The maximum Gasteiger partial charge on any atom is 0.256 e. The SMILES string of the molecule is CC1=CC(=O)N(Cc2c(C)noc2C)C1=O. The molecule has 0 radical (unpaired) electrons. The highest BCUT2D eigenvalue weighted by molar-refractivity contribution is 6.15. The first-order valence-electron chi connectivity index (χ1n) is 4.96. The van der Waals surface area contributed by atoms with Gasteiger partial charge < -0.3 is 4.52 Å². The Bertz CT molecular complexity index is 480. The van der Waals surface area contributed by atoms with Crippen LogP contribution in [-0.2, 0) is 16.1 Å². The Kier molecular flexibility index (Phi) is 2.38. The largest absolute Gasteiger partial charge is 0.361 e. The van der Waals surface area contributed by atoms with Crippen molar-refractivity contribution in [1.29, 1.82) is 0 Å². The Hall–Kier alpha value is -1.91. The van der Waals surface area contributed by atoms with E-state index in [9.17, 15) is 9.59 Å². The van der Waals surface area contributed by atoms with Gasteiger partial charge in [0.15, 0.2) is 0 Å². The van der Waals surface area contributed by atoms with Gasteiger partial charge in [0.1, 0.15) is 5.76 Å². The van der Waals surface area contributed by atoms with Gasteiger partial charge >= 0.3 is 0 Å². The van der Waals surface area contributed by atoms with Gasteiger partial charge in [0.05, 0.1) is 12.2 Å². The minimum atomic E-state index is -0.275. The second kappa shape index (κ2) is 3.59. The highest BCUT2D eigenvalue weighted by atomic mass is 16.5. The van der Waals surface area contributed by atoms with Crippen LogP contribution in [0.5, 0.6) is 0 Å². The molecular weight excluding hydrogens is 208 g/mol. The van der Waals surface area contributed by atoms with Crippen molar-refractivity contribution in [2.75, 3.05) is 0 Å².